The zero-order chi connectivity index (χ0) is 15.0. The lowest BCUT2D eigenvalue weighted by Gasteiger charge is -2.22. The second kappa shape index (κ2) is 5.20. The standard InChI is InChI=1S/C13H8F6S/c14-11(12(15,16)17)13(18,19)20-10-6-5-8-3-1-2-4-9(8)7-10/h1-7,11H. The van der Waals surface area contributed by atoms with Crippen molar-refractivity contribution in [2.45, 2.75) is 22.5 Å². The maximum absolute atomic E-state index is 13.3. The predicted molar refractivity (Wildman–Crippen MR) is 65.7 cm³/mol. The van der Waals surface area contributed by atoms with Crippen molar-refractivity contribution < 1.29 is 26.3 Å². The molecule has 1 unspecified atom stereocenters. The molecule has 0 nitrogen and oxygen atoms in total. The quantitative estimate of drug-likeness (QED) is 0.538. The molecule has 0 radical (unpaired) electrons. The molecule has 2 aromatic carbocycles. The van der Waals surface area contributed by atoms with Crippen LogP contribution in [0.15, 0.2) is 47.4 Å². The number of alkyl halides is 6. The summed E-state index contributed by atoms with van der Waals surface area (Å²) >= 11 is -0.433. The topological polar surface area (TPSA) is 0 Å². The van der Waals surface area contributed by atoms with Gasteiger partial charge in [0.15, 0.2) is 0 Å². The average Bonchev–Trinajstić information content (AvgIpc) is 2.36. The van der Waals surface area contributed by atoms with Crippen LogP contribution >= 0.6 is 11.8 Å². The Hall–Kier alpha value is -1.37. The molecule has 2 rings (SSSR count). The summed E-state index contributed by atoms with van der Waals surface area (Å²) in [4.78, 5) is -0.124. The smallest absolute Gasteiger partial charge is 0.230 e. The van der Waals surface area contributed by atoms with Crippen LogP contribution in [-0.2, 0) is 0 Å². The van der Waals surface area contributed by atoms with Gasteiger partial charge < -0.3 is 0 Å². The molecule has 0 aromatic heterocycles. The fourth-order valence-electron chi connectivity index (χ4n) is 1.63. The van der Waals surface area contributed by atoms with Gasteiger partial charge in [0.2, 0.25) is 0 Å². The van der Waals surface area contributed by atoms with Crippen molar-refractivity contribution in [1.82, 2.24) is 0 Å². The summed E-state index contributed by atoms with van der Waals surface area (Å²) < 4.78 is 75.4. The lowest BCUT2D eigenvalue weighted by molar-refractivity contribution is -0.219. The average molecular weight is 310 g/mol. The van der Waals surface area contributed by atoms with E-state index in [9.17, 15) is 26.3 Å². The fraction of sp³-hybridized carbons (Fsp3) is 0.231. The number of rotatable bonds is 3. The van der Waals surface area contributed by atoms with Gasteiger partial charge in [-0.15, -0.1) is 0 Å². The minimum Gasteiger partial charge on any atom is -0.230 e. The highest BCUT2D eigenvalue weighted by atomic mass is 32.2. The summed E-state index contributed by atoms with van der Waals surface area (Å²) in [7, 11) is 0. The van der Waals surface area contributed by atoms with E-state index in [1.165, 1.54) is 18.2 Å². The molecule has 0 aliphatic carbocycles. The van der Waals surface area contributed by atoms with Crippen molar-refractivity contribution in [2.24, 2.45) is 0 Å². The lowest BCUT2D eigenvalue weighted by Crippen LogP contribution is -2.39. The summed E-state index contributed by atoms with van der Waals surface area (Å²) in [6.07, 6.45) is -9.79. The molecule has 20 heavy (non-hydrogen) atoms. The normalized spacial score (nSPS) is 14.5. The van der Waals surface area contributed by atoms with Crippen LogP contribution in [0.3, 0.4) is 0 Å². The molecular weight excluding hydrogens is 302 g/mol. The van der Waals surface area contributed by atoms with Crippen LogP contribution in [0, 0.1) is 0 Å². The molecule has 2 aromatic rings. The fourth-order valence-corrected chi connectivity index (χ4v) is 2.50. The van der Waals surface area contributed by atoms with E-state index in [2.05, 4.69) is 0 Å². The van der Waals surface area contributed by atoms with Gasteiger partial charge in [-0.05, 0) is 34.7 Å². The van der Waals surface area contributed by atoms with E-state index in [1.54, 1.807) is 24.3 Å². The summed E-state index contributed by atoms with van der Waals surface area (Å²) in [6.45, 7) is 0. The summed E-state index contributed by atoms with van der Waals surface area (Å²) in [6, 6.07) is 10.8. The van der Waals surface area contributed by atoms with Gasteiger partial charge in [-0.1, -0.05) is 30.3 Å². The zero-order valence-electron chi connectivity index (χ0n) is 9.79. The van der Waals surface area contributed by atoms with E-state index in [-0.39, 0.29) is 4.90 Å². The van der Waals surface area contributed by atoms with Crippen molar-refractivity contribution >= 4 is 22.5 Å². The molecule has 0 N–H and O–H groups in total. The Bertz CT molecular complexity index is 607. The minimum atomic E-state index is -5.59. The van der Waals surface area contributed by atoms with E-state index in [1.807, 2.05) is 0 Å². The SMILES string of the molecule is FC(C(F)(F)F)C(F)(F)Sc1ccc2ccccc2c1. The van der Waals surface area contributed by atoms with Crippen LogP contribution in [-0.4, -0.2) is 17.6 Å². The molecule has 7 heteroatoms. The number of benzene rings is 2. The Balaban J connectivity index is 2.27. The van der Waals surface area contributed by atoms with Crippen molar-refractivity contribution in [3.63, 3.8) is 0 Å². The molecule has 0 aliphatic rings. The Morgan fingerprint density at radius 3 is 2.05 bits per heavy atom. The number of hydrogen-bond donors (Lipinski definition) is 0. The zero-order valence-corrected chi connectivity index (χ0v) is 10.6. The van der Waals surface area contributed by atoms with Gasteiger partial charge in [0, 0.05) is 4.90 Å². The molecule has 0 spiro atoms. The molecule has 0 bridgehead atoms. The van der Waals surface area contributed by atoms with Crippen molar-refractivity contribution in [3.8, 4) is 0 Å². The van der Waals surface area contributed by atoms with Gasteiger partial charge in [0.25, 0.3) is 6.17 Å². The van der Waals surface area contributed by atoms with E-state index in [0.29, 0.717) is 5.39 Å². The maximum atomic E-state index is 13.3. The minimum absolute atomic E-state index is 0.124. The Morgan fingerprint density at radius 1 is 0.850 bits per heavy atom. The van der Waals surface area contributed by atoms with Gasteiger partial charge in [-0.2, -0.15) is 22.0 Å². The predicted octanol–water partition coefficient (Wildman–Crippen LogP) is 5.43. The molecule has 0 saturated heterocycles. The second-order valence-electron chi connectivity index (χ2n) is 4.08. The monoisotopic (exact) mass is 310 g/mol. The van der Waals surface area contributed by atoms with E-state index in [0.717, 1.165) is 5.39 Å². The first kappa shape index (κ1) is 15.0. The first-order chi connectivity index (χ1) is 9.20. The summed E-state index contributed by atoms with van der Waals surface area (Å²) in [5.41, 5.74) is 0. The molecule has 0 aliphatic heterocycles. The van der Waals surface area contributed by atoms with Crippen LogP contribution in [0.5, 0.6) is 0 Å². The lowest BCUT2D eigenvalue weighted by atomic mass is 10.1. The van der Waals surface area contributed by atoms with E-state index >= 15 is 0 Å². The Labute approximate surface area is 114 Å². The van der Waals surface area contributed by atoms with Crippen LogP contribution in [0.4, 0.5) is 26.3 Å². The second-order valence-corrected chi connectivity index (χ2v) is 5.30. The highest BCUT2D eigenvalue weighted by molar-refractivity contribution is 8.00. The van der Waals surface area contributed by atoms with Gasteiger partial charge in [0.1, 0.15) is 0 Å². The molecule has 0 heterocycles. The highest BCUT2D eigenvalue weighted by Gasteiger charge is 2.57. The third-order valence-electron chi connectivity index (χ3n) is 2.56. The number of fused-ring (bicyclic) bond motifs is 1. The molecule has 1 atom stereocenters. The van der Waals surface area contributed by atoms with Crippen LogP contribution in [0.25, 0.3) is 10.8 Å². The van der Waals surface area contributed by atoms with Crippen molar-refractivity contribution in [1.29, 1.82) is 0 Å². The molecule has 0 fully saturated rings. The largest absolute Gasteiger partial charge is 0.426 e. The van der Waals surface area contributed by atoms with Gasteiger partial charge in [-0.25, -0.2) is 4.39 Å². The number of halogens is 6. The number of thioether (sulfide) groups is 1. The van der Waals surface area contributed by atoms with Crippen molar-refractivity contribution in [3.05, 3.63) is 42.5 Å². The molecular formula is C13H8F6S. The third kappa shape index (κ3) is 3.20. The van der Waals surface area contributed by atoms with Gasteiger partial charge >= 0.3 is 11.4 Å². The Morgan fingerprint density at radius 2 is 1.45 bits per heavy atom. The van der Waals surface area contributed by atoms with Gasteiger partial charge in [0.05, 0.1) is 0 Å². The highest BCUT2D eigenvalue weighted by Crippen LogP contribution is 2.45. The summed E-state index contributed by atoms with van der Waals surface area (Å²) in [5.74, 6) is 0. The third-order valence-corrected chi connectivity index (χ3v) is 3.53. The van der Waals surface area contributed by atoms with E-state index < -0.39 is 29.4 Å². The van der Waals surface area contributed by atoms with Crippen LogP contribution < -0.4 is 0 Å². The van der Waals surface area contributed by atoms with Crippen molar-refractivity contribution in [2.75, 3.05) is 0 Å². The number of hydrogen-bond acceptors (Lipinski definition) is 1. The van der Waals surface area contributed by atoms with E-state index in [4.69, 9.17) is 0 Å². The maximum Gasteiger partial charge on any atom is 0.426 e. The molecule has 0 saturated carbocycles. The first-order valence-corrected chi connectivity index (χ1v) is 6.28. The van der Waals surface area contributed by atoms with Crippen LogP contribution in [0.1, 0.15) is 0 Å². The molecule has 108 valence electrons. The summed E-state index contributed by atoms with van der Waals surface area (Å²) in [5, 5.41) is -3.22. The first-order valence-electron chi connectivity index (χ1n) is 5.46. The van der Waals surface area contributed by atoms with Gasteiger partial charge in [-0.3, -0.25) is 0 Å². The molecule has 0 amide bonds. The van der Waals surface area contributed by atoms with Crippen LogP contribution in [0.2, 0.25) is 0 Å². The Kier molecular flexibility index (Phi) is 3.90.